The first-order chi connectivity index (χ1) is 12.3. The molecule has 0 saturated heterocycles. The van der Waals surface area contributed by atoms with E-state index in [-0.39, 0.29) is 16.7 Å². The minimum atomic E-state index is -6.46. The van der Waals surface area contributed by atoms with Crippen LogP contribution in [0.4, 0.5) is 26.3 Å². The molecule has 1 aromatic carbocycles. The van der Waals surface area contributed by atoms with Crippen molar-refractivity contribution in [1.29, 1.82) is 0 Å². The Morgan fingerprint density at radius 2 is 1.74 bits per heavy atom. The highest BCUT2D eigenvalue weighted by molar-refractivity contribution is 7.87. The van der Waals surface area contributed by atoms with Gasteiger partial charge in [0, 0.05) is 11.5 Å². The van der Waals surface area contributed by atoms with Gasteiger partial charge in [-0.25, -0.2) is 4.79 Å². The van der Waals surface area contributed by atoms with Crippen LogP contribution in [0.3, 0.4) is 0 Å². The second-order valence-corrected chi connectivity index (χ2v) is 6.28. The Morgan fingerprint density at radius 3 is 2.26 bits per heavy atom. The van der Waals surface area contributed by atoms with Crippen molar-refractivity contribution in [2.45, 2.75) is 11.7 Å². The van der Waals surface area contributed by atoms with Crippen molar-refractivity contribution >= 4 is 26.8 Å². The van der Waals surface area contributed by atoms with Crippen LogP contribution in [0.5, 0.6) is 5.75 Å². The summed E-state index contributed by atoms with van der Waals surface area (Å²) in [5, 5.41) is 1.94. The summed E-state index contributed by atoms with van der Waals surface area (Å²) in [5.41, 5.74) is -11.5. The number of hydrogen-bond donors (Lipinski definition) is 0. The summed E-state index contributed by atoms with van der Waals surface area (Å²) in [7, 11) is -5.18. The number of alkyl halides is 6. The molecule has 0 N–H and O–H groups in total. The van der Waals surface area contributed by atoms with Crippen LogP contribution in [-0.4, -0.2) is 32.9 Å². The molecule has 0 amide bonds. The molecule has 0 radical (unpaired) electrons. The van der Waals surface area contributed by atoms with Crippen LogP contribution < -0.4 is 10.4 Å². The van der Waals surface area contributed by atoms with Crippen LogP contribution in [0.25, 0.3) is 11.0 Å². The van der Waals surface area contributed by atoms with Gasteiger partial charge in [0.1, 0.15) is 11.3 Å². The van der Waals surface area contributed by atoms with Gasteiger partial charge >= 0.3 is 27.4 Å². The Morgan fingerprint density at radius 1 is 1.11 bits per heavy atom. The largest absolute Gasteiger partial charge is 0.536 e. The Balaban J connectivity index is 2.63. The van der Waals surface area contributed by atoms with E-state index in [0.717, 1.165) is 0 Å². The molecule has 0 aliphatic heterocycles. The summed E-state index contributed by atoms with van der Waals surface area (Å²) in [5.74, 6) is 0.211. The molecule has 0 atom stereocenters. The number of ether oxygens (including phenoxy) is 1. The van der Waals surface area contributed by atoms with Crippen molar-refractivity contribution < 1.29 is 48.2 Å². The fraction of sp³-hybridized carbons (Fsp3) is 0.231. The quantitative estimate of drug-likeness (QED) is 0.249. The average Bonchev–Trinajstić information content (AvgIpc) is 2.52. The van der Waals surface area contributed by atoms with Gasteiger partial charge in [0.05, 0.1) is 12.7 Å². The van der Waals surface area contributed by atoms with E-state index in [2.05, 4.69) is 8.70 Å². The van der Waals surface area contributed by atoms with Gasteiger partial charge in [-0.1, -0.05) is 5.16 Å². The molecule has 14 heteroatoms. The van der Waals surface area contributed by atoms with Crippen molar-refractivity contribution in [3.8, 4) is 5.75 Å². The molecule has 27 heavy (non-hydrogen) atoms. The summed E-state index contributed by atoms with van der Waals surface area (Å²) in [4.78, 5) is 11.8. The van der Waals surface area contributed by atoms with Gasteiger partial charge in [0.15, 0.2) is 5.71 Å². The lowest BCUT2D eigenvalue weighted by Gasteiger charge is -2.11. The van der Waals surface area contributed by atoms with Crippen LogP contribution in [-0.2, 0) is 14.4 Å². The summed E-state index contributed by atoms with van der Waals surface area (Å²) >= 11 is 0. The molecule has 0 aliphatic rings. The lowest BCUT2D eigenvalue weighted by Crippen LogP contribution is -2.31. The van der Waals surface area contributed by atoms with E-state index in [4.69, 9.17) is 4.74 Å². The molecule has 0 fully saturated rings. The minimum absolute atomic E-state index is 0.0685. The number of fused-ring (bicyclic) bond motifs is 1. The Kier molecular flexibility index (Phi) is 5.14. The number of oxime groups is 1. The van der Waals surface area contributed by atoms with Gasteiger partial charge in [-0.3, -0.25) is 4.28 Å². The van der Waals surface area contributed by atoms with Crippen molar-refractivity contribution in [2.75, 3.05) is 7.11 Å². The smallest absolute Gasteiger partial charge is 0.497 e. The molecule has 0 unspecified atom stereocenters. The lowest BCUT2D eigenvalue weighted by atomic mass is 10.1. The minimum Gasteiger partial charge on any atom is -0.497 e. The third-order valence-corrected chi connectivity index (χ3v) is 3.81. The second kappa shape index (κ2) is 6.75. The summed E-state index contributed by atoms with van der Waals surface area (Å²) < 4.78 is 110. The van der Waals surface area contributed by atoms with E-state index in [0.29, 0.717) is 6.07 Å². The van der Waals surface area contributed by atoms with Gasteiger partial charge in [0.2, 0.25) is 0 Å². The number of hydrogen-bond acceptors (Lipinski definition) is 7. The standard InChI is InChI=1S/C13H7F6NO6S/c1-24-7-3-2-6-4-8(11(21)25-9(6)5-7)10(12(14,15)16)20-26-27(22,23)13(17,18)19/h2-5H,1H3. The highest BCUT2D eigenvalue weighted by Gasteiger charge is 2.50. The maximum Gasteiger partial charge on any atom is 0.536 e. The van der Waals surface area contributed by atoms with Gasteiger partial charge in [-0.2, -0.15) is 34.8 Å². The maximum absolute atomic E-state index is 13.1. The second-order valence-electron chi connectivity index (χ2n) is 4.76. The first-order valence-electron chi connectivity index (χ1n) is 6.53. The Bertz CT molecular complexity index is 1050. The average molecular weight is 419 g/mol. The zero-order valence-electron chi connectivity index (χ0n) is 12.9. The van der Waals surface area contributed by atoms with Gasteiger partial charge < -0.3 is 9.15 Å². The molecular weight excluding hydrogens is 412 g/mol. The lowest BCUT2D eigenvalue weighted by molar-refractivity contribution is -0.0634. The van der Waals surface area contributed by atoms with E-state index in [1.165, 1.54) is 25.3 Å². The molecule has 0 saturated carbocycles. The maximum atomic E-state index is 13.1. The molecule has 0 aliphatic carbocycles. The van der Waals surface area contributed by atoms with Crippen LogP contribution in [0.1, 0.15) is 5.56 Å². The van der Waals surface area contributed by atoms with Gasteiger partial charge in [-0.15, -0.1) is 0 Å². The topological polar surface area (TPSA) is 95.2 Å². The third-order valence-electron chi connectivity index (χ3n) is 2.98. The van der Waals surface area contributed by atoms with Crippen LogP contribution in [0.15, 0.2) is 38.6 Å². The first kappa shape index (κ1) is 20.5. The molecule has 2 rings (SSSR count). The van der Waals surface area contributed by atoms with Crippen molar-refractivity contribution in [1.82, 2.24) is 0 Å². The predicted octanol–water partition coefficient (Wildman–Crippen LogP) is 2.93. The number of halogens is 6. The zero-order valence-corrected chi connectivity index (χ0v) is 13.7. The molecule has 0 spiro atoms. The number of methoxy groups -OCH3 is 1. The van der Waals surface area contributed by atoms with E-state index in [1.54, 1.807) is 0 Å². The highest BCUT2D eigenvalue weighted by Crippen LogP contribution is 2.28. The number of nitrogens with zero attached hydrogens (tertiary/aromatic N) is 1. The van der Waals surface area contributed by atoms with Crippen LogP contribution >= 0.6 is 0 Å². The van der Waals surface area contributed by atoms with Crippen molar-refractivity contribution in [3.63, 3.8) is 0 Å². The Hall–Kier alpha value is -2.77. The van der Waals surface area contributed by atoms with Crippen LogP contribution in [0.2, 0.25) is 0 Å². The molecular formula is C13H7F6NO6S. The van der Waals surface area contributed by atoms with E-state index in [9.17, 15) is 39.6 Å². The molecule has 1 aromatic heterocycles. The highest BCUT2D eigenvalue weighted by atomic mass is 32.2. The Labute approximate surface area is 145 Å². The summed E-state index contributed by atoms with van der Waals surface area (Å²) in [6.07, 6.45) is -5.53. The monoisotopic (exact) mass is 419 g/mol. The number of benzene rings is 1. The van der Waals surface area contributed by atoms with E-state index in [1.807, 2.05) is 5.16 Å². The molecule has 0 bridgehead atoms. The molecule has 7 nitrogen and oxygen atoms in total. The first-order valence-corrected chi connectivity index (χ1v) is 7.94. The van der Waals surface area contributed by atoms with Crippen LogP contribution in [0, 0.1) is 0 Å². The van der Waals surface area contributed by atoms with E-state index >= 15 is 0 Å². The predicted molar refractivity (Wildman–Crippen MR) is 77.7 cm³/mol. The fourth-order valence-corrected chi connectivity index (χ4v) is 2.02. The van der Waals surface area contributed by atoms with E-state index < -0.39 is 38.7 Å². The normalized spacial score (nSPS) is 13.7. The van der Waals surface area contributed by atoms with Gasteiger partial charge in [-0.05, 0) is 18.2 Å². The van der Waals surface area contributed by atoms with Crippen molar-refractivity contribution in [2.24, 2.45) is 5.16 Å². The molecule has 2 aromatic rings. The van der Waals surface area contributed by atoms with Gasteiger partial charge in [0.25, 0.3) is 0 Å². The van der Waals surface area contributed by atoms with Crippen molar-refractivity contribution in [3.05, 3.63) is 40.2 Å². The third kappa shape index (κ3) is 4.32. The SMILES string of the molecule is COc1ccc2cc(C(=NOS(=O)(=O)C(F)(F)F)C(F)(F)F)c(=O)oc2c1. The number of rotatable bonds is 4. The summed E-state index contributed by atoms with van der Waals surface area (Å²) in [6.45, 7) is 0. The summed E-state index contributed by atoms with van der Waals surface area (Å²) in [6, 6.07) is 4.29. The molecule has 1 heterocycles. The molecule has 148 valence electrons. The zero-order chi connectivity index (χ0) is 20.6. The fourth-order valence-electron chi connectivity index (χ4n) is 1.77.